The summed E-state index contributed by atoms with van der Waals surface area (Å²) in [5.74, 6) is -0.112. The van der Waals surface area contributed by atoms with Crippen molar-refractivity contribution in [2.24, 2.45) is 0 Å². The van der Waals surface area contributed by atoms with Crippen molar-refractivity contribution in [1.29, 1.82) is 0 Å². The molecule has 1 amide bonds. The molecule has 0 saturated carbocycles. The number of amides is 1. The van der Waals surface area contributed by atoms with E-state index in [4.69, 9.17) is 11.6 Å². The molecule has 2 aromatic heterocycles. The second-order valence-electron chi connectivity index (χ2n) is 6.63. The van der Waals surface area contributed by atoms with E-state index in [9.17, 15) is 4.79 Å². The predicted octanol–water partition coefficient (Wildman–Crippen LogP) is 4.52. The van der Waals surface area contributed by atoms with E-state index in [1.54, 1.807) is 35.5 Å². The van der Waals surface area contributed by atoms with Crippen LogP contribution in [0.15, 0.2) is 48.8 Å². The maximum absolute atomic E-state index is 13.3. The van der Waals surface area contributed by atoms with Crippen molar-refractivity contribution in [3.63, 3.8) is 0 Å². The molecule has 0 N–H and O–H groups in total. The zero-order valence-corrected chi connectivity index (χ0v) is 18.3. The molecule has 0 bridgehead atoms. The van der Waals surface area contributed by atoms with Crippen LogP contribution in [0.25, 0.3) is 21.3 Å². The van der Waals surface area contributed by atoms with E-state index in [1.165, 1.54) is 11.3 Å². The lowest BCUT2D eigenvalue weighted by Crippen LogP contribution is -2.36. The Morgan fingerprint density at radius 3 is 2.48 bits per heavy atom. The van der Waals surface area contributed by atoms with E-state index in [1.807, 2.05) is 37.2 Å². The highest BCUT2D eigenvalue weighted by atomic mass is 35.5. The molecule has 150 valence electrons. The number of fused-ring (bicyclic) bond motifs is 2. The predicted molar refractivity (Wildman–Crippen MR) is 122 cm³/mol. The van der Waals surface area contributed by atoms with Crippen LogP contribution in [0.5, 0.6) is 0 Å². The van der Waals surface area contributed by atoms with Gasteiger partial charge in [0.25, 0.3) is 5.91 Å². The SMILES string of the molecule is CN(C)CCN(C(=O)c1ccc2nccnc2c1)c1nc2ccc(Cl)cc2s1.Cl. The summed E-state index contributed by atoms with van der Waals surface area (Å²) in [6.07, 6.45) is 3.26. The standard InChI is InChI=1S/C20H18ClN5OS.ClH/c1-25(2)9-10-26(20-24-16-6-4-14(21)12-18(16)28-20)19(27)13-3-5-15-17(11-13)23-8-7-22-15;/h3-8,11-12H,9-10H2,1-2H3;1H. The van der Waals surface area contributed by atoms with Gasteiger partial charge in [0.2, 0.25) is 0 Å². The normalized spacial score (nSPS) is 11.0. The molecule has 9 heteroatoms. The number of carbonyl (C=O) groups is 1. The first-order valence-corrected chi connectivity index (χ1v) is 9.94. The van der Waals surface area contributed by atoms with Crippen molar-refractivity contribution in [2.45, 2.75) is 0 Å². The molecule has 0 aliphatic rings. The van der Waals surface area contributed by atoms with Gasteiger partial charge in [-0.3, -0.25) is 19.7 Å². The van der Waals surface area contributed by atoms with Gasteiger partial charge >= 0.3 is 0 Å². The molecule has 0 aliphatic carbocycles. The number of rotatable bonds is 5. The number of anilines is 1. The maximum atomic E-state index is 13.3. The fourth-order valence-electron chi connectivity index (χ4n) is 2.84. The van der Waals surface area contributed by atoms with Gasteiger partial charge in [-0.2, -0.15) is 0 Å². The quantitative estimate of drug-likeness (QED) is 0.449. The molecule has 2 aromatic carbocycles. The summed E-state index contributed by atoms with van der Waals surface area (Å²) in [5, 5.41) is 1.31. The van der Waals surface area contributed by atoms with Crippen LogP contribution in [0.1, 0.15) is 10.4 Å². The van der Waals surface area contributed by atoms with Crippen LogP contribution in [0.4, 0.5) is 5.13 Å². The third-order valence-corrected chi connectivity index (χ3v) is 5.58. The van der Waals surface area contributed by atoms with Crippen molar-refractivity contribution >= 4 is 67.6 Å². The van der Waals surface area contributed by atoms with Gasteiger partial charge < -0.3 is 4.90 Å². The van der Waals surface area contributed by atoms with Gasteiger partial charge in [0, 0.05) is 36.1 Å². The van der Waals surface area contributed by atoms with Crippen LogP contribution >= 0.6 is 35.3 Å². The van der Waals surface area contributed by atoms with E-state index in [-0.39, 0.29) is 18.3 Å². The Morgan fingerprint density at radius 2 is 1.72 bits per heavy atom. The number of aromatic nitrogens is 3. The van der Waals surface area contributed by atoms with E-state index in [2.05, 4.69) is 15.0 Å². The Morgan fingerprint density at radius 1 is 1.00 bits per heavy atom. The van der Waals surface area contributed by atoms with Crippen LogP contribution in [0.2, 0.25) is 5.02 Å². The molecule has 4 rings (SSSR count). The van der Waals surface area contributed by atoms with E-state index >= 15 is 0 Å². The number of halogens is 2. The zero-order valence-electron chi connectivity index (χ0n) is 15.9. The monoisotopic (exact) mass is 447 g/mol. The summed E-state index contributed by atoms with van der Waals surface area (Å²) < 4.78 is 0.953. The van der Waals surface area contributed by atoms with Gasteiger partial charge in [0.05, 0.1) is 21.3 Å². The number of carbonyl (C=O) groups excluding carboxylic acids is 1. The molecular formula is C20H19Cl2N5OS. The highest BCUT2D eigenvalue weighted by molar-refractivity contribution is 7.22. The van der Waals surface area contributed by atoms with Gasteiger partial charge in [-0.1, -0.05) is 22.9 Å². The van der Waals surface area contributed by atoms with Crippen molar-refractivity contribution in [1.82, 2.24) is 19.9 Å². The first kappa shape index (κ1) is 21.4. The fraction of sp³-hybridized carbons (Fsp3) is 0.200. The van der Waals surface area contributed by atoms with Gasteiger partial charge in [-0.25, -0.2) is 4.98 Å². The summed E-state index contributed by atoms with van der Waals surface area (Å²) in [6, 6.07) is 10.9. The van der Waals surface area contributed by atoms with Crippen molar-refractivity contribution in [3.8, 4) is 0 Å². The van der Waals surface area contributed by atoms with E-state index in [0.29, 0.717) is 27.8 Å². The third-order valence-electron chi connectivity index (χ3n) is 4.30. The first-order chi connectivity index (χ1) is 13.5. The Hall–Kier alpha value is -2.32. The van der Waals surface area contributed by atoms with Crippen LogP contribution in [0, 0.1) is 0 Å². The number of benzene rings is 2. The van der Waals surface area contributed by atoms with Gasteiger partial charge in [0.1, 0.15) is 0 Å². The molecule has 0 saturated heterocycles. The summed E-state index contributed by atoms with van der Waals surface area (Å²) in [5.41, 5.74) is 2.84. The Kier molecular flexibility index (Phi) is 6.64. The molecule has 4 aromatic rings. The highest BCUT2D eigenvalue weighted by Gasteiger charge is 2.22. The van der Waals surface area contributed by atoms with Gasteiger partial charge in [0.15, 0.2) is 5.13 Å². The average Bonchev–Trinajstić information content (AvgIpc) is 3.10. The number of nitrogens with zero attached hydrogens (tertiary/aromatic N) is 5. The van der Waals surface area contributed by atoms with Crippen LogP contribution in [0.3, 0.4) is 0 Å². The summed E-state index contributed by atoms with van der Waals surface area (Å²) >= 11 is 7.56. The topological polar surface area (TPSA) is 62.2 Å². The summed E-state index contributed by atoms with van der Waals surface area (Å²) in [7, 11) is 3.96. The fourth-order valence-corrected chi connectivity index (χ4v) is 4.10. The molecule has 0 aliphatic heterocycles. The van der Waals surface area contributed by atoms with Crippen LogP contribution in [-0.4, -0.2) is 52.9 Å². The molecule has 0 spiro atoms. The largest absolute Gasteiger partial charge is 0.308 e. The van der Waals surface area contributed by atoms with E-state index < -0.39 is 0 Å². The minimum Gasteiger partial charge on any atom is -0.308 e. The second kappa shape index (κ2) is 9.00. The average molecular weight is 448 g/mol. The molecule has 6 nitrogen and oxygen atoms in total. The summed E-state index contributed by atoms with van der Waals surface area (Å²) in [6.45, 7) is 1.24. The van der Waals surface area contributed by atoms with E-state index in [0.717, 1.165) is 22.3 Å². The first-order valence-electron chi connectivity index (χ1n) is 8.75. The van der Waals surface area contributed by atoms with Crippen LogP contribution < -0.4 is 4.90 Å². The number of hydrogen-bond donors (Lipinski definition) is 0. The zero-order chi connectivity index (χ0) is 19.7. The lowest BCUT2D eigenvalue weighted by atomic mass is 10.1. The lowest BCUT2D eigenvalue weighted by Gasteiger charge is -2.22. The second-order valence-corrected chi connectivity index (χ2v) is 8.07. The summed E-state index contributed by atoms with van der Waals surface area (Å²) in [4.78, 5) is 30.3. The Balaban J connectivity index is 0.00000240. The molecule has 2 heterocycles. The minimum absolute atomic E-state index is 0. The molecule has 0 atom stereocenters. The van der Waals surface area contributed by atoms with Crippen LogP contribution in [-0.2, 0) is 0 Å². The third kappa shape index (κ3) is 4.64. The number of likely N-dealkylation sites (N-methyl/N-ethyl adjacent to an activating group) is 1. The van der Waals surface area contributed by atoms with Crippen molar-refractivity contribution in [2.75, 3.05) is 32.1 Å². The number of hydrogen-bond acceptors (Lipinski definition) is 6. The van der Waals surface area contributed by atoms with Gasteiger partial charge in [-0.05, 0) is 50.5 Å². The lowest BCUT2D eigenvalue weighted by molar-refractivity contribution is 0.0985. The molecule has 29 heavy (non-hydrogen) atoms. The Labute approximate surface area is 183 Å². The molecule has 0 unspecified atom stereocenters. The molecule has 0 radical (unpaired) electrons. The minimum atomic E-state index is -0.112. The molecule has 0 fully saturated rings. The van der Waals surface area contributed by atoms with Crippen molar-refractivity contribution < 1.29 is 4.79 Å². The highest BCUT2D eigenvalue weighted by Crippen LogP contribution is 2.31. The van der Waals surface area contributed by atoms with Gasteiger partial charge in [-0.15, -0.1) is 12.4 Å². The number of thiazole rings is 1. The maximum Gasteiger partial charge on any atom is 0.260 e. The molecular weight excluding hydrogens is 429 g/mol. The smallest absolute Gasteiger partial charge is 0.260 e. The van der Waals surface area contributed by atoms with Crippen molar-refractivity contribution in [3.05, 3.63) is 59.4 Å². The Bertz CT molecular complexity index is 1160.